The van der Waals surface area contributed by atoms with Crippen LogP contribution in [0.25, 0.3) is 11.3 Å². The number of rotatable bonds is 7. The van der Waals surface area contributed by atoms with Gasteiger partial charge in [0.25, 0.3) is 11.6 Å². The van der Waals surface area contributed by atoms with Crippen LogP contribution >= 0.6 is 11.6 Å². The van der Waals surface area contributed by atoms with E-state index in [0.29, 0.717) is 54.8 Å². The van der Waals surface area contributed by atoms with Gasteiger partial charge in [-0.05, 0) is 42.3 Å². The number of nitro groups is 1. The average molecular weight is 511 g/mol. The third kappa shape index (κ3) is 5.68. The van der Waals surface area contributed by atoms with Crippen molar-refractivity contribution >= 4 is 40.5 Å². The molecule has 1 fully saturated rings. The first-order valence-corrected chi connectivity index (χ1v) is 12.1. The minimum Gasteiger partial charge on any atom is -0.451 e. The molecule has 2 aromatic carbocycles. The second-order valence-corrected chi connectivity index (χ2v) is 9.43. The van der Waals surface area contributed by atoms with Gasteiger partial charge >= 0.3 is 0 Å². The van der Waals surface area contributed by atoms with E-state index in [0.717, 1.165) is 5.69 Å². The Bertz CT molecular complexity index is 1280. The molecule has 0 saturated carbocycles. The number of nitrogens with zero attached hydrogens (tertiary/aromatic N) is 3. The predicted octanol–water partition coefficient (Wildman–Crippen LogP) is 5.46. The summed E-state index contributed by atoms with van der Waals surface area (Å²) in [5.74, 6) is 0.257. The van der Waals surface area contributed by atoms with Crippen LogP contribution in [0.2, 0.25) is 5.02 Å². The Labute approximate surface area is 213 Å². The van der Waals surface area contributed by atoms with Crippen molar-refractivity contribution in [2.45, 2.75) is 20.3 Å². The van der Waals surface area contributed by atoms with Crippen LogP contribution in [0.15, 0.2) is 59.0 Å². The lowest BCUT2D eigenvalue weighted by atomic mass is 10.1. The Morgan fingerprint density at radius 2 is 1.81 bits per heavy atom. The summed E-state index contributed by atoms with van der Waals surface area (Å²) in [6, 6.07) is 14.4. The van der Waals surface area contributed by atoms with Crippen LogP contribution in [0, 0.1) is 16.0 Å². The van der Waals surface area contributed by atoms with E-state index in [9.17, 15) is 19.7 Å². The molecule has 9 nitrogen and oxygen atoms in total. The highest BCUT2D eigenvalue weighted by Gasteiger charge is 2.23. The van der Waals surface area contributed by atoms with E-state index in [2.05, 4.69) is 10.2 Å². The Morgan fingerprint density at radius 3 is 2.47 bits per heavy atom. The van der Waals surface area contributed by atoms with Gasteiger partial charge < -0.3 is 19.5 Å². The number of anilines is 2. The second kappa shape index (κ2) is 10.8. The zero-order chi connectivity index (χ0) is 25.8. The van der Waals surface area contributed by atoms with E-state index < -0.39 is 10.8 Å². The number of hydrogen-bond donors (Lipinski definition) is 1. The molecule has 1 N–H and O–H groups in total. The molecule has 0 radical (unpaired) electrons. The topological polar surface area (TPSA) is 109 Å². The standard InChI is InChI=1S/C26H27ClN4O5/c1-17(2)15-25(32)30-13-11-29(12-14-30)22-8-7-18(16-20(22)27)28-26(33)24-10-9-23(36-24)19-5-3-4-6-21(19)31(34)35/h3-10,16-17H,11-15H2,1-2H3,(H,28,33). The number of benzene rings is 2. The molecular weight excluding hydrogens is 484 g/mol. The van der Waals surface area contributed by atoms with Crippen LogP contribution in [0.4, 0.5) is 17.1 Å². The quantitative estimate of drug-likeness (QED) is 0.334. The van der Waals surface area contributed by atoms with Crippen molar-refractivity contribution in [1.29, 1.82) is 0 Å². The monoisotopic (exact) mass is 510 g/mol. The van der Waals surface area contributed by atoms with Crippen molar-refractivity contribution in [3.05, 3.63) is 75.5 Å². The van der Waals surface area contributed by atoms with Gasteiger partial charge in [0.15, 0.2) is 5.76 Å². The summed E-state index contributed by atoms with van der Waals surface area (Å²) < 4.78 is 5.61. The number of furan rings is 1. The van der Waals surface area contributed by atoms with Crippen LogP contribution < -0.4 is 10.2 Å². The number of piperazine rings is 1. The molecule has 4 rings (SSSR count). The van der Waals surface area contributed by atoms with Crippen LogP contribution in [-0.2, 0) is 4.79 Å². The van der Waals surface area contributed by atoms with Crippen LogP contribution in [-0.4, -0.2) is 47.8 Å². The minimum absolute atomic E-state index is 0.0190. The molecule has 0 atom stereocenters. The number of halogens is 1. The van der Waals surface area contributed by atoms with Crippen molar-refractivity contribution in [2.75, 3.05) is 36.4 Å². The summed E-state index contributed by atoms with van der Waals surface area (Å²) in [7, 11) is 0. The van der Waals surface area contributed by atoms with Crippen molar-refractivity contribution in [3.8, 4) is 11.3 Å². The van der Waals surface area contributed by atoms with E-state index in [-0.39, 0.29) is 23.1 Å². The molecule has 3 aromatic rings. The van der Waals surface area contributed by atoms with E-state index >= 15 is 0 Å². The molecule has 2 heterocycles. The summed E-state index contributed by atoms with van der Waals surface area (Å²) in [6.07, 6.45) is 0.550. The molecule has 36 heavy (non-hydrogen) atoms. The van der Waals surface area contributed by atoms with Gasteiger partial charge in [-0.1, -0.05) is 37.6 Å². The molecule has 0 aliphatic carbocycles. The fraction of sp³-hybridized carbons (Fsp3) is 0.308. The summed E-state index contributed by atoms with van der Waals surface area (Å²) >= 11 is 6.53. The minimum atomic E-state index is -0.499. The van der Waals surface area contributed by atoms with Gasteiger partial charge in [0.1, 0.15) is 5.76 Å². The molecule has 2 amide bonds. The summed E-state index contributed by atoms with van der Waals surface area (Å²) in [5.41, 5.74) is 1.51. The molecule has 0 unspecified atom stereocenters. The first-order valence-electron chi connectivity index (χ1n) is 11.7. The molecule has 0 spiro atoms. The summed E-state index contributed by atoms with van der Waals surface area (Å²) in [4.78, 5) is 39.8. The van der Waals surface area contributed by atoms with E-state index in [1.165, 1.54) is 18.2 Å². The van der Waals surface area contributed by atoms with Gasteiger partial charge in [-0.25, -0.2) is 0 Å². The number of amides is 2. The zero-order valence-corrected chi connectivity index (χ0v) is 20.8. The summed E-state index contributed by atoms with van der Waals surface area (Å²) in [6.45, 7) is 6.70. The molecule has 0 bridgehead atoms. The highest BCUT2D eigenvalue weighted by atomic mass is 35.5. The smallest absolute Gasteiger partial charge is 0.291 e. The maximum absolute atomic E-state index is 12.7. The van der Waals surface area contributed by atoms with Gasteiger partial charge in [-0.2, -0.15) is 0 Å². The van der Waals surface area contributed by atoms with Crippen LogP contribution in [0.3, 0.4) is 0 Å². The summed E-state index contributed by atoms with van der Waals surface area (Å²) in [5, 5.41) is 14.5. The van der Waals surface area contributed by atoms with E-state index in [1.807, 2.05) is 24.8 Å². The first-order chi connectivity index (χ1) is 17.2. The Balaban J connectivity index is 1.40. The van der Waals surface area contributed by atoms with Gasteiger partial charge in [-0.3, -0.25) is 19.7 Å². The molecular formula is C26H27ClN4O5. The lowest BCUT2D eigenvalue weighted by molar-refractivity contribution is -0.384. The number of hydrogen-bond acceptors (Lipinski definition) is 6. The number of nitrogens with one attached hydrogen (secondary N) is 1. The lowest BCUT2D eigenvalue weighted by Crippen LogP contribution is -2.49. The van der Waals surface area contributed by atoms with Crippen molar-refractivity contribution in [1.82, 2.24) is 4.90 Å². The number of carbonyl (C=O) groups excluding carboxylic acids is 2. The third-order valence-electron chi connectivity index (χ3n) is 5.96. The lowest BCUT2D eigenvalue weighted by Gasteiger charge is -2.36. The van der Waals surface area contributed by atoms with Gasteiger partial charge in [0, 0.05) is 44.4 Å². The molecule has 188 valence electrons. The van der Waals surface area contributed by atoms with E-state index in [4.69, 9.17) is 16.0 Å². The normalized spacial score (nSPS) is 13.7. The molecule has 1 aliphatic heterocycles. The maximum Gasteiger partial charge on any atom is 0.291 e. The Hall–Kier alpha value is -3.85. The van der Waals surface area contributed by atoms with Gasteiger partial charge in [0.05, 0.1) is 21.2 Å². The van der Waals surface area contributed by atoms with Crippen molar-refractivity contribution in [3.63, 3.8) is 0 Å². The first kappa shape index (κ1) is 25.2. The van der Waals surface area contributed by atoms with Crippen molar-refractivity contribution in [2.24, 2.45) is 5.92 Å². The van der Waals surface area contributed by atoms with Crippen LogP contribution in [0.5, 0.6) is 0 Å². The molecule has 1 aliphatic rings. The molecule has 1 saturated heterocycles. The third-order valence-corrected chi connectivity index (χ3v) is 6.26. The fourth-order valence-electron chi connectivity index (χ4n) is 4.15. The van der Waals surface area contributed by atoms with Crippen LogP contribution in [0.1, 0.15) is 30.8 Å². The second-order valence-electron chi connectivity index (χ2n) is 9.02. The number of nitro benzene ring substituents is 1. The highest BCUT2D eigenvalue weighted by molar-refractivity contribution is 6.33. The Morgan fingerprint density at radius 1 is 1.08 bits per heavy atom. The van der Waals surface area contributed by atoms with Gasteiger partial charge in [-0.15, -0.1) is 0 Å². The average Bonchev–Trinajstić information content (AvgIpc) is 3.34. The molecule has 1 aromatic heterocycles. The fourth-order valence-corrected chi connectivity index (χ4v) is 4.45. The maximum atomic E-state index is 12.7. The number of para-hydroxylation sites is 1. The van der Waals surface area contributed by atoms with Gasteiger partial charge in [0.2, 0.25) is 5.91 Å². The highest BCUT2D eigenvalue weighted by Crippen LogP contribution is 2.32. The van der Waals surface area contributed by atoms with E-state index in [1.54, 1.807) is 30.3 Å². The molecule has 10 heteroatoms. The Kier molecular flexibility index (Phi) is 7.59. The number of carbonyl (C=O) groups is 2. The SMILES string of the molecule is CC(C)CC(=O)N1CCN(c2ccc(NC(=O)c3ccc(-c4ccccc4[N+](=O)[O-])o3)cc2Cl)CC1. The zero-order valence-electron chi connectivity index (χ0n) is 20.1. The predicted molar refractivity (Wildman–Crippen MR) is 138 cm³/mol. The van der Waals surface area contributed by atoms with Crippen molar-refractivity contribution < 1.29 is 18.9 Å². The largest absolute Gasteiger partial charge is 0.451 e.